The first-order chi connectivity index (χ1) is 16.2. The van der Waals surface area contributed by atoms with Gasteiger partial charge in [0, 0.05) is 22.6 Å². The van der Waals surface area contributed by atoms with E-state index in [0.29, 0.717) is 0 Å². The Labute approximate surface area is 200 Å². The van der Waals surface area contributed by atoms with Crippen LogP contribution in [0.4, 0.5) is 0 Å². The van der Waals surface area contributed by atoms with E-state index in [-0.39, 0.29) is 12.3 Å². The predicted octanol–water partition coefficient (Wildman–Crippen LogP) is 7.54. The van der Waals surface area contributed by atoms with Gasteiger partial charge in [0.1, 0.15) is 11.5 Å². The highest BCUT2D eigenvalue weighted by molar-refractivity contribution is 6.30. The maximum atomic E-state index is 6.46. The van der Waals surface area contributed by atoms with Crippen LogP contribution in [0.2, 0.25) is 5.02 Å². The van der Waals surface area contributed by atoms with Gasteiger partial charge in [-0.3, -0.25) is 0 Å². The van der Waals surface area contributed by atoms with Gasteiger partial charge in [-0.15, -0.1) is 0 Å². The molecule has 170 valence electrons. The molecule has 2 aliphatic heterocycles. The van der Waals surface area contributed by atoms with Crippen LogP contribution in [0.5, 0.6) is 11.5 Å². The number of benzene rings is 3. The highest BCUT2D eigenvalue weighted by Crippen LogP contribution is 2.47. The Balaban J connectivity index is 1.38. The number of rotatable bonds is 8. The fourth-order valence-electron chi connectivity index (χ4n) is 4.52. The molecule has 0 fully saturated rings. The number of hydrazone groups is 1. The molecule has 0 amide bonds. The summed E-state index contributed by atoms with van der Waals surface area (Å²) in [7, 11) is 0. The molecule has 5 heteroatoms. The van der Waals surface area contributed by atoms with Gasteiger partial charge in [0.25, 0.3) is 0 Å². The van der Waals surface area contributed by atoms with E-state index in [9.17, 15) is 0 Å². The predicted molar refractivity (Wildman–Crippen MR) is 133 cm³/mol. The molecule has 5 rings (SSSR count). The molecule has 0 aromatic heterocycles. The van der Waals surface area contributed by atoms with Gasteiger partial charge < -0.3 is 9.47 Å². The second-order valence-electron chi connectivity index (χ2n) is 8.64. The molecule has 3 aromatic carbocycles. The van der Waals surface area contributed by atoms with Crippen LogP contribution >= 0.6 is 11.6 Å². The highest BCUT2D eigenvalue weighted by Gasteiger charge is 2.40. The number of unbranched alkanes of at least 4 members (excludes halogenated alkanes) is 3. The lowest BCUT2D eigenvalue weighted by Gasteiger charge is -2.38. The molecule has 2 unspecified atom stereocenters. The zero-order valence-corrected chi connectivity index (χ0v) is 19.7. The van der Waals surface area contributed by atoms with Crippen molar-refractivity contribution in [3.05, 3.63) is 94.5 Å². The summed E-state index contributed by atoms with van der Waals surface area (Å²) < 4.78 is 12.4. The number of halogens is 1. The average molecular weight is 461 g/mol. The van der Waals surface area contributed by atoms with E-state index in [0.717, 1.165) is 52.8 Å². The van der Waals surface area contributed by atoms with Crippen LogP contribution in [-0.4, -0.2) is 17.3 Å². The topological polar surface area (TPSA) is 34.1 Å². The summed E-state index contributed by atoms with van der Waals surface area (Å²) in [5, 5.41) is 7.85. The summed E-state index contributed by atoms with van der Waals surface area (Å²) in [6.07, 6.45) is 5.35. The normalized spacial score (nSPS) is 18.8. The molecule has 0 spiro atoms. The number of ether oxygens (including phenoxy) is 2. The van der Waals surface area contributed by atoms with E-state index in [1.54, 1.807) is 0 Å². The van der Waals surface area contributed by atoms with Gasteiger partial charge in [-0.2, -0.15) is 5.10 Å². The van der Waals surface area contributed by atoms with Crippen molar-refractivity contribution in [3.8, 4) is 11.5 Å². The first-order valence-electron chi connectivity index (χ1n) is 11.8. The molecule has 0 N–H and O–H groups in total. The molecule has 0 aliphatic carbocycles. The van der Waals surface area contributed by atoms with Crippen LogP contribution < -0.4 is 9.47 Å². The number of nitrogens with zero attached hydrogens (tertiary/aromatic N) is 2. The molecular formula is C28H29ClN2O2. The lowest BCUT2D eigenvalue weighted by molar-refractivity contribution is -0.0190. The highest BCUT2D eigenvalue weighted by atomic mass is 35.5. The van der Waals surface area contributed by atoms with Crippen LogP contribution in [0, 0.1) is 0 Å². The third kappa shape index (κ3) is 4.72. The summed E-state index contributed by atoms with van der Waals surface area (Å²) in [5.41, 5.74) is 4.38. The molecule has 3 aromatic rings. The Morgan fingerprint density at radius 3 is 2.55 bits per heavy atom. The molecule has 0 bridgehead atoms. The van der Waals surface area contributed by atoms with Gasteiger partial charge in [-0.1, -0.05) is 68.1 Å². The molecule has 2 aliphatic rings. The van der Waals surface area contributed by atoms with Crippen LogP contribution in [0.3, 0.4) is 0 Å². The first kappa shape index (κ1) is 21.8. The van der Waals surface area contributed by atoms with E-state index >= 15 is 0 Å². The van der Waals surface area contributed by atoms with Crippen LogP contribution in [0.25, 0.3) is 0 Å². The zero-order chi connectivity index (χ0) is 22.6. The summed E-state index contributed by atoms with van der Waals surface area (Å²) >= 11 is 6.10. The number of hydrogen-bond acceptors (Lipinski definition) is 4. The molecule has 33 heavy (non-hydrogen) atoms. The van der Waals surface area contributed by atoms with Crippen molar-refractivity contribution in [2.24, 2.45) is 5.10 Å². The Morgan fingerprint density at radius 1 is 0.970 bits per heavy atom. The summed E-state index contributed by atoms with van der Waals surface area (Å²) in [5.74, 6) is 1.82. The quantitative estimate of drug-likeness (QED) is 0.325. The van der Waals surface area contributed by atoms with Gasteiger partial charge in [0.2, 0.25) is 6.23 Å². The first-order valence-corrected chi connectivity index (χ1v) is 12.2. The molecule has 0 saturated heterocycles. The van der Waals surface area contributed by atoms with Gasteiger partial charge in [-0.05, 0) is 54.4 Å². The Morgan fingerprint density at radius 2 is 1.76 bits per heavy atom. The monoisotopic (exact) mass is 460 g/mol. The molecule has 2 heterocycles. The van der Waals surface area contributed by atoms with E-state index in [1.165, 1.54) is 24.8 Å². The Bertz CT molecular complexity index is 1110. The van der Waals surface area contributed by atoms with Crippen molar-refractivity contribution >= 4 is 17.3 Å². The maximum absolute atomic E-state index is 6.46. The van der Waals surface area contributed by atoms with Crippen molar-refractivity contribution in [1.82, 2.24) is 5.01 Å². The summed E-state index contributed by atoms with van der Waals surface area (Å²) in [4.78, 5) is 0. The third-order valence-electron chi connectivity index (χ3n) is 6.31. The lowest BCUT2D eigenvalue weighted by Crippen LogP contribution is -2.33. The van der Waals surface area contributed by atoms with Crippen LogP contribution in [0.15, 0.2) is 77.9 Å². The molecule has 2 atom stereocenters. The Hall–Kier alpha value is -2.98. The molecule has 0 radical (unpaired) electrons. The maximum Gasteiger partial charge on any atom is 0.213 e. The minimum absolute atomic E-state index is 0.139. The fourth-order valence-corrected chi connectivity index (χ4v) is 4.64. The van der Waals surface area contributed by atoms with Crippen molar-refractivity contribution in [3.63, 3.8) is 0 Å². The molecule has 0 saturated carbocycles. The van der Waals surface area contributed by atoms with Gasteiger partial charge in [0.15, 0.2) is 0 Å². The van der Waals surface area contributed by atoms with Crippen molar-refractivity contribution in [2.45, 2.75) is 51.3 Å². The minimum Gasteiger partial charge on any atom is -0.494 e. The van der Waals surface area contributed by atoms with E-state index in [4.69, 9.17) is 26.2 Å². The fraction of sp³-hybridized carbons (Fsp3) is 0.321. The van der Waals surface area contributed by atoms with Crippen LogP contribution in [0.1, 0.15) is 68.0 Å². The van der Waals surface area contributed by atoms with Crippen molar-refractivity contribution in [2.75, 3.05) is 6.61 Å². The number of para-hydroxylation sites is 1. The SMILES string of the molecule is CCCCCCOc1ccc(C2Oc3ccccc3C3CC(c4ccc(Cl)cc4)=NN32)cc1. The largest absolute Gasteiger partial charge is 0.494 e. The van der Waals surface area contributed by atoms with E-state index < -0.39 is 0 Å². The second-order valence-corrected chi connectivity index (χ2v) is 9.08. The number of fused-ring (bicyclic) bond motifs is 3. The standard InChI is InChI=1S/C28H29ClN2O2/c1-2-3-4-7-18-32-23-16-12-21(13-17-23)28-31-26(24-8-5-6-9-27(24)33-28)19-25(30-31)20-10-14-22(29)15-11-20/h5-6,8-17,26,28H,2-4,7,18-19H2,1H3. The van der Waals surface area contributed by atoms with Crippen LogP contribution in [-0.2, 0) is 0 Å². The summed E-state index contributed by atoms with van der Waals surface area (Å²) in [6.45, 7) is 2.98. The molecule has 4 nitrogen and oxygen atoms in total. The average Bonchev–Trinajstić information content (AvgIpc) is 3.30. The van der Waals surface area contributed by atoms with Crippen molar-refractivity contribution in [1.29, 1.82) is 0 Å². The zero-order valence-electron chi connectivity index (χ0n) is 18.9. The smallest absolute Gasteiger partial charge is 0.213 e. The minimum atomic E-state index is -0.284. The third-order valence-corrected chi connectivity index (χ3v) is 6.56. The lowest BCUT2D eigenvalue weighted by atomic mass is 9.96. The second kappa shape index (κ2) is 9.88. The number of hydrogen-bond donors (Lipinski definition) is 0. The molecular weight excluding hydrogens is 432 g/mol. The Kier molecular flexibility index (Phi) is 6.54. The van der Waals surface area contributed by atoms with E-state index in [1.807, 2.05) is 48.5 Å². The van der Waals surface area contributed by atoms with Gasteiger partial charge in [-0.25, -0.2) is 5.01 Å². The summed E-state index contributed by atoms with van der Waals surface area (Å²) in [6, 6.07) is 24.6. The van der Waals surface area contributed by atoms with E-state index in [2.05, 4.69) is 36.2 Å². The van der Waals surface area contributed by atoms with Crippen molar-refractivity contribution < 1.29 is 9.47 Å². The van der Waals surface area contributed by atoms with Gasteiger partial charge >= 0.3 is 0 Å². The van der Waals surface area contributed by atoms with Gasteiger partial charge in [0.05, 0.1) is 18.4 Å².